The van der Waals surface area contributed by atoms with E-state index in [0.717, 1.165) is 24.0 Å². The summed E-state index contributed by atoms with van der Waals surface area (Å²) in [4.78, 5) is 0. The third-order valence-corrected chi connectivity index (χ3v) is 4.51. The zero-order valence-electron chi connectivity index (χ0n) is 13.9. The lowest BCUT2D eigenvalue weighted by molar-refractivity contribution is 0.443. The summed E-state index contributed by atoms with van der Waals surface area (Å²) < 4.78 is 0. The SMILES string of the molecule is Cc1cc(C2=C(C3=CC=CC3)CC=C2)cc(C(C)(C)C)c1O. The maximum Gasteiger partial charge on any atom is 0.122 e. The van der Waals surface area contributed by atoms with Crippen molar-refractivity contribution < 1.29 is 5.11 Å². The second kappa shape index (κ2) is 5.31. The van der Waals surface area contributed by atoms with Crippen molar-refractivity contribution in [3.05, 3.63) is 70.3 Å². The van der Waals surface area contributed by atoms with E-state index in [4.69, 9.17) is 0 Å². The van der Waals surface area contributed by atoms with Gasteiger partial charge in [-0.15, -0.1) is 0 Å². The van der Waals surface area contributed by atoms with Crippen molar-refractivity contribution in [3.8, 4) is 5.75 Å². The van der Waals surface area contributed by atoms with Gasteiger partial charge in [-0.25, -0.2) is 0 Å². The van der Waals surface area contributed by atoms with Crippen LogP contribution in [0.15, 0.2) is 53.7 Å². The molecule has 0 spiro atoms. The molecule has 0 bridgehead atoms. The molecule has 2 aliphatic rings. The second-order valence-electron chi connectivity index (χ2n) is 7.26. The van der Waals surface area contributed by atoms with Crippen LogP contribution in [0, 0.1) is 6.92 Å². The van der Waals surface area contributed by atoms with E-state index in [1.807, 2.05) is 6.92 Å². The summed E-state index contributed by atoms with van der Waals surface area (Å²) in [6, 6.07) is 4.27. The first kappa shape index (κ1) is 14.9. The van der Waals surface area contributed by atoms with Crippen molar-refractivity contribution in [2.24, 2.45) is 0 Å². The summed E-state index contributed by atoms with van der Waals surface area (Å²) in [5, 5.41) is 10.4. The topological polar surface area (TPSA) is 20.2 Å². The molecule has 0 radical (unpaired) electrons. The number of hydrogen-bond donors (Lipinski definition) is 1. The van der Waals surface area contributed by atoms with Crippen LogP contribution in [0.25, 0.3) is 5.57 Å². The molecule has 0 aromatic heterocycles. The zero-order chi connectivity index (χ0) is 15.9. The molecule has 0 heterocycles. The van der Waals surface area contributed by atoms with Crippen molar-refractivity contribution >= 4 is 5.57 Å². The Kier molecular flexibility index (Phi) is 3.60. The van der Waals surface area contributed by atoms with E-state index < -0.39 is 0 Å². The normalized spacial score (nSPS) is 17.5. The molecule has 0 atom stereocenters. The van der Waals surface area contributed by atoms with Crippen molar-refractivity contribution in [1.29, 1.82) is 0 Å². The molecule has 0 saturated heterocycles. The van der Waals surface area contributed by atoms with Crippen LogP contribution in [0.4, 0.5) is 0 Å². The number of phenols is 1. The predicted octanol–water partition coefficient (Wildman–Crippen LogP) is 5.60. The van der Waals surface area contributed by atoms with Crippen LogP contribution in [0.3, 0.4) is 0 Å². The summed E-state index contributed by atoms with van der Waals surface area (Å²) in [5.41, 5.74) is 7.28. The maximum atomic E-state index is 10.4. The fraction of sp³-hybridized carbons (Fsp3) is 0.333. The molecular weight excluding hydrogens is 268 g/mol. The molecule has 1 aromatic rings. The van der Waals surface area contributed by atoms with Gasteiger partial charge in [0.05, 0.1) is 0 Å². The second-order valence-corrected chi connectivity index (χ2v) is 7.26. The molecular formula is C21H24O. The summed E-state index contributed by atoms with van der Waals surface area (Å²) >= 11 is 0. The third-order valence-electron chi connectivity index (χ3n) is 4.51. The number of benzene rings is 1. The smallest absolute Gasteiger partial charge is 0.122 e. The lowest BCUT2D eigenvalue weighted by atomic mass is 9.82. The molecule has 0 amide bonds. The zero-order valence-corrected chi connectivity index (χ0v) is 13.9. The molecule has 114 valence electrons. The average molecular weight is 292 g/mol. The van der Waals surface area contributed by atoms with Crippen LogP contribution in [-0.4, -0.2) is 5.11 Å². The number of aryl methyl sites for hydroxylation is 1. The lowest BCUT2D eigenvalue weighted by Crippen LogP contribution is -2.12. The number of allylic oxidation sites excluding steroid dienone is 8. The van der Waals surface area contributed by atoms with E-state index in [-0.39, 0.29) is 5.41 Å². The number of hydrogen-bond acceptors (Lipinski definition) is 1. The van der Waals surface area contributed by atoms with Crippen LogP contribution >= 0.6 is 0 Å². The highest BCUT2D eigenvalue weighted by atomic mass is 16.3. The quantitative estimate of drug-likeness (QED) is 0.752. The molecule has 1 nitrogen and oxygen atoms in total. The summed E-state index contributed by atoms with van der Waals surface area (Å²) in [6.07, 6.45) is 13.1. The van der Waals surface area contributed by atoms with E-state index in [0.29, 0.717) is 5.75 Å². The molecule has 1 aromatic carbocycles. The maximum absolute atomic E-state index is 10.4. The van der Waals surface area contributed by atoms with Crippen LogP contribution < -0.4 is 0 Å². The first-order chi connectivity index (χ1) is 10.4. The van der Waals surface area contributed by atoms with Gasteiger partial charge < -0.3 is 5.11 Å². The highest BCUT2D eigenvalue weighted by molar-refractivity contribution is 5.84. The Morgan fingerprint density at radius 3 is 2.45 bits per heavy atom. The van der Waals surface area contributed by atoms with Crippen molar-refractivity contribution in [3.63, 3.8) is 0 Å². The summed E-state index contributed by atoms with van der Waals surface area (Å²) in [6.45, 7) is 8.43. The van der Waals surface area contributed by atoms with Gasteiger partial charge in [0.15, 0.2) is 0 Å². The van der Waals surface area contributed by atoms with Crippen LogP contribution in [-0.2, 0) is 5.41 Å². The van der Waals surface area contributed by atoms with E-state index in [9.17, 15) is 5.11 Å². The summed E-state index contributed by atoms with van der Waals surface area (Å²) in [5.74, 6) is 0.433. The van der Waals surface area contributed by atoms with E-state index in [1.165, 1.54) is 22.3 Å². The fourth-order valence-corrected chi connectivity index (χ4v) is 3.26. The van der Waals surface area contributed by atoms with Crippen LogP contribution in [0.5, 0.6) is 5.75 Å². The third kappa shape index (κ3) is 2.56. The van der Waals surface area contributed by atoms with Crippen molar-refractivity contribution in [2.75, 3.05) is 0 Å². The number of aromatic hydroxyl groups is 1. The van der Waals surface area contributed by atoms with Crippen LogP contribution in [0.1, 0.15) is 50.3 Å². The highest BCUT2D eigenvalue weighted by Crippen LogP contribution is 2.40. The Bertz CT molecular complexity index is 734. The standard InChI is InChI=1S/C21H24O/c1-14-12-16(13-19(20(14)22)21(2,3)4)18-11-7-10-17(18)15-8-5-6-9-15/h5-8,11-13,22H,9-10H2,1-4H3. The molecule has 0 saturated carbocycles. The minimum Gasteiger partial charge on any atom is -0.507 e. The lowest BCUT2D eigenvalue weighted by Gasteiger charge is -2.23. The molecule has 0 aliphatic heterocycles. The molecule has 0 unspecified atom stereocenters. The van der Waals surface area contributed by atoms with Gasteiger partial charge in [0.2, 0.25) is 0 Å². The minimum absolute atomic E-state index is 0.0674. The van der Waals surface area contributed by atoms with Gasteiger partial charge in [0, 0.05) is 5.56 Å². The van der Waals surface area contributed by atoms with Gasteiger partial charge in [-0.3, -0.25) is 0 Å². The van der Waals surface area contributed by atoms with E-state index >= 15 is 0 Å². The van der Waals surface area contributed by atoms with Gasteiger partial charge >= 0.3 is 0 Å². The number of phenolic OH excluding ortho intramolecular Hbond substituents is 1. The Hall–Kier alpha value is -2.02. The predicted molar refractivity (Wildman–Crippen MR) is 94.1 cm³/mol. The van der Waals surface area contributed by atoms with Crippen molar-refractivity contribution in [1.82, 2.24) is 0 Å². The van der Waals surface area contributed by atoms with E-state index in [1.54, 1.807) is 0 Å². The fourth-order valence-electron chi connectivity index (χ4n) is 3.26. The first-order valence-corrected chi connectivity index (χ1v) is 7.98. The van der Waals surface area contributed by atoms with Gasteiger partial charge in [0.25, 0.3) is 0 Å². The molecule has 2 aliphatic carbocycles. The molecule has 22 heavy (non-hydrogen) atoms. The highest BCUT2D eigenvalue weighted by Gasteiger charge is 2.22. The van der Waals surface area contributed by atoms with Gasteiger partial charge in [0.1, 0.15) is 5.75 Å². The summed E-state index contributed by atoms with van der Waals surface area (Å²) in [7, 11) is 0. The average Bonchev–Trinajstić information content (AvgIpc) is 3.09. The van der Waals surface area contributed by atoms with Crippen molar-refractivity contribution in [2.45, 2.75) is 46.0 Å². The molecule has 3 rings (SSSR count). The molecule has 0 fully saturated rings. The Morgan fingerprint density at radius 1 is 1.05 bits per heavy atom. The van der Waals surface area contributed by atoms with Gasteiger partial charge in [-0.1, -0.05) is 51.2 Å². The monoisotopic (exact) mass is 292 g/mol. The first-order valence-electron chi connectivity index (χ1n) is 7.98. The van der Waals surface area contributed by atoms with E-state index in [2.05, 4.69) is 63.3 Å². The molecule has 1 N–H and O–H groups in total. The Balaban J connectivity index is 2.14. The Labute approximate surface area is 133 Å². The van der Waals surface area contributed by atoms with Gasteiger partial charge in [-0.05, 0) is 65.2 Å². The molecule has 1 heteroatoms. The number of rotatable bonds is 2. The Morgan fingerprint density at radius 2 is 1.82 bits per heavy atom. The largest absolute Gasteiger partial charge is 0.507 e. The van der Waals surface area contributed by atoms with Gasteiger partial charge in [-0.2, -0.15) is 0 Å². The van der Waals surface area contributed by atoms with Crippen LogP contribution in [0.2, 0.25) is 0 Å². The minimum atomic E-state index is -0.0674.